The Hall–Kier alpha value is -1.75. The normalized spacial score (nSPS) is 22.0. The molecule has 2 N–H and O–H groups in total. The molecule has 0 bridgehead atoms. The van der Waals surface area contributed by atoms with Crippen molar-refractivity contribution in [1.29, 1.82) is 0 Å². The number of aliphatic hydroxyl groups is 1. The van der Waals surface area contributed by atoms with Crippen molar-refractivity contribution in [3.05, 3.63) is 24.3 Å². The molecule has 5 heteroatoms. The van der Waals surface area contributed by atoms with E-state index in [1.165, 1.54) is 12.8 Å². The number of amides is 2. The zero-order chi connectivity index (χ0) is 17.2. The van der Waals surface area contributed by atoms with Crippen LogP contribution in [0.4, 0.5) is 10.5 Å². The van der Waals surface area contributed by atoms with E-state index >= 15 is 0 Å². The van der Waals surface area contributed by atoms with E-state index in [1.54, 1.807) is 18.7 Å². The Balaban J connectivity index is 1.63. The summed E-state index contributed by atoms with van der Waals surface area (Å²) in [7, 11) is 0. The molecule has 132 valence electrons. The summed E-state index contributed by atoms with van der Waals surface area (Å²) < 4.78 is 5.99. The van der Waals surface area contributed by atoms with Gasteiger partial charge in [-0.25, -0.2) is 4.79 Å². The number of hydrogen-bond donors (Lipinski definition) is 2. The molecule has 0 radical (unpaired) electrons. The highest BCUT2D eigenvalue weighted by atomic mass is 16.5. The monoisotopic (exact) mass is 332 g/mol. The molecule has 0 aromatic heterocycles. The van der Waals surface area contributed by atoms with Gasteiger partial charge in [-0.1, -0.05) is 6.07 Å². The van der Waals surface area contributed by atoms with E-state index in [1.807, 2.05) is 24.3 Å². The van der Waals surface area contributed by atoms with Crippen LogP contribution in [-0.4, -0.2) is 40.3 Å². The second kappa shape index (κ2) is 7.01. The molecule has 1 aliphatic carbocycles. The molecule has 3 rings (SSSR count). The van der Waals surface area contributed by atoms with Crippen molar-refractivity contribution in [2.45, 2.75) is 70.1 Å². The first-order valence-corrected chi connectivity index (χ1v) is 9.00. The number of benzene rings is 1. The maximum Gasteiger partial charge on any atom is 0.322 e. The van der Waals surface area contributed by atoms with Crippen molar-refractivity contribution in [2.75, 3.05) is 11.9 Å². The predicted molar refractivity (Wildman–Crippen MR) is 94.4 cm³/mol. The van der Waals surface area contributed by atoms with E-state index < -0.39 is 5.60 Å². The lowest BCUT2D eigenvalue weighted by Gasteiger charge is -2.33. The Morgan fingerprint density at radius 2 is 2.00 bits per heavy atom. The fourth-order valence-corrected chi connectivity index (χ4v) is 3.79. The maximum atomic E-state index is 12.6. The first-order chi connectivity index (χ1) is 11.4. The Bertz CT molecular complexity index is 576. The highest BCUT2D eigenvalue weighted by molar-refractivity contribution is 5.90. The van der Waals surface area contributed by atoms with Gasteiger partial charge in [0.05, 0.1) is 17.7 Å². The van der Waals surface area contributed by atoms with E-state index in [0.29, 0.717) is 12.6 Å². The molecule has 1 atom stereocenters. The summed E-state index contributed by atoms with van der Waals surface area (Å²) in [6.45, 7) is 4.21. The van der Waals surface area contributed by atoms with Crippen molar-refractivity contribution in [1.82, 2.24) is 4.90 Å². The van der Waals surface area contributed by atoms with E-state index in [4.69, 9.17) is 4.74 Å². The van der Waals surface area contributed by atoms with Crippen LogP contribution in [0.1, 0.15) is 52.4 Å². The number of hydrogen-bond acceptors (Lipinski definition) is 3. The minimum absolute atomic E-state index is 0.143. The Labute approximate surface area is 144 Å². The maximum absolute atomic E-state index is 12.6. The number of urea groups is 1. The van der Waals surface area contributed by atoms with E-state index in [9.17, 15) is 9.90 Å². The van der Waals surface area contributed by atoms with Gasteiger partial charge in [0.2, 0.25) is 0 Å². The van der Waals surface area contributed by atoms with Crippen LogP contribution in [0, 0.1) is 0 Å². The number of anilines is 1. The molecule has 2 aliphatic rings. The van der Waals surface area contributed by atoms with Crippen LogP contribution in [0.3, 0.4) is 0 Å². The Morgan fingerprint density at radius 1 is 1.25 bits per heavy atom. The predicted octanol–water partition coefficient (Wildman–Crippen LogP) is 3.78. The average molecular weight is 332 g/mol. The molecule has 1 heterocycles. The van der Waals surface area contributed by atoms with Crippen molar-refractivity contribution < 1.29 is 14.6 Å². The fraction of sp³-hybridized carbons (Fsp3) is 0.632. The summed E-state index contributed by atoms with van der Waals surface area (Å²) in [5.74, 6) is 0.806. The SMILES string of the molecule is CC(C)(O)C1CCCN1C(=O)Nc1cccc(OC2CCCC2)c1. The third-order valence-corrected chi connectivity index (χ3v) is 5.02. The van der Waals surface area contributed by atoms with E-state index in [0.717, 1.165) is 37.1 Å². The van der Waals surface area contributed by atoms with Gasteiger partial charge in [-0.2, -0.15) is 0 Å². The topological polar surface area (TPSA) is 61.8 Å². The van der Waals surface area contributed by atoms with Gasteiger partial charge in [0.25, 0.3) is 0 Å². The third-order valence-electron chi connectivity index (χ3n) is 5.02. The van der Waals surface area contributed by atoms with Crippen molar-refractivity contribution in [2.24, 2.45) is 0 Å². The summed E-state index contributed by atoms with van der Waals surface area (Å²) >= 11 is 0. The molecular formula is C19H28N2O3. The van der Waals surface area contributed by atoms with Crippen LogP contribution >= 0.6 is 0 Å². The first-order valence-electron chi connectivity index (χ1n) is 9.00. The summed E-state index contributed by atoms with van der Waals surface area (Å²) in [6.07, 6.45) is 6.74. The molecule has 1 aromatic carbocycles. The lowest BCUT2D eigenvalue weighted by molar-refractivity contribution is 0.0117. The lowest BCUT2D eigenvalue weighted by Crippen LogP contribution is -2.49. The van der Waals surface area contributed by atoms with Crippen LogP contribution in [0.25, 0.3) is 0 Å². The molecule has 0 spiro atoms. The standard InChI is InChI=1S/C19H28N2O3/c1-19(2,23)17-11-6-12-21(17)18(22)20-14-7-5-10-16(13-14)24-15-8-3-4-9-15/h5,7,10,13,15,17,23H,3-4,6,8-9,11-12H2,1-2H3,(H,20,22). The summed E-state index contributed by atoms with van der Waals surface area (Å²) in [4.78, 5) is 14.3. The number of carbonyl (C=O) groups excluding carboxylic acids is 1. The third kappa shape index (κ3) is 4.01. The van der Waals surface area contributed by atoms with E-state index in [-0.39, 0.29) is 12.1 Å². The first kappa shape index (κ1) is 17.1. The highest BCUT2D eigenvalue weighted by Crippen LogP contribution is 2.29. The fourth-order valence-electron chi connectivity index (χ4n) is 3.79. The van der Waals surface area contributed by atoms with Crippen LogP contribution < -0.4 is 10.1 Å². The van der Waals surface area contributed by atoms with Crippen molar-refractivity contribution in [3.63, 3.8) is 0 Å². The molecule has 2 fully saturated rings. The quantitative estimate of drug-likeness (QED) is 0.882. The van der Waals surface area contributed by atoms with E-state index in [2.05, 4.69) is 5.32 Å². The van der Waals surface area contributed by atoms with Gasteiger partial charge in [-0.15, -0.1) is 0 Å². The highest BCUT2D eigenvalue weighted by Gasteiger charge is 2.38. The van der Waals surface area contributed by atoms with Crippen LogP contribution in [-0.2, 0) is 0 Å². The minimum Gasteiger partial charge on any atom is -0.490 e. The minimum atomic E-state index is -0.888. The Kier molecular flexibility index (Phi) is 4.99. The van der Waals surface area contributed by atoms with Crippen LogP contribution in [0.15, 0.2) is 24.3 Å². The van der Waals surface area contributed by atoms with Gasteiger partial charge in [0.15, 0.2) is 0 Å². The lowest BCUT2D eigenvalue weighted by atomic mass is 9.97. The molecule has 1 aromatic rings. The number of rotatable bonds is 4. The van der Waals surface area contributed by atoms with Gasteiger partial charge in [0, 0.05) is 18.3 Å². The van der Waals surface area contributed by atoms with Crippen molar-refractivity contribution >= 4 is 11.7 Å². The summed E-state index contributed by atoms with van der Waals surface area (Å²) in [5, 5.41) is 13.2. The second-order valence-electron chi connectivity index (χ2n) is 7.49. The molecule has 2 amide bonds. The number of ether oxygens (including phenoxy) is 1. The van der Waals surface area contributed by atoms with Gasteiger partial charge in [-0.05, 0) is 64.5 Å². The second-order valence-corrected chi connectivity index (χ2v) is 7.49. The van der Waals surface area contributed by atoms with Gasteiger partial charge in [-0.3, -0.25) is 0 Å². The molecule has 1 aliphatic heterocycles. The smallest absolute Gasteiger partial charge is 0.322 e. The molecule has 24 heavy (non-hydrogen) atoms. The number of carbonyl (C=O) groups is 1. The Morgan fingerprint density at radius 3 is 2.71 bits per heavy atom. The molecule has 1 unspecified atom stereocenters. The van der Waals surface area contributed by atoms with Crippen LogP contribution in [0.2, 0.25) is 0 Å². The average Bonchev–Trinajstić information content (AvgIpc) is 3.18. The zero-order valence-corrected chi connectivity index (χ0v) is 14.6. The number of nitrogens with zero attached hydrogens (tertiary/aromatic N) is 1. The van der Waals surface area contributed by atoms with Gasteiger partial charge in [0.1, 0.15) is 5.75 Å². The molecule has 5 nitrogen and oxygen atoms in total. The molecule has 1 saturated heterocycles. The summed E-state index contributed by atoms with van der Waals surface area (Å²) in [6, 6.07) is 7.29. The number of likely N-dealkylation sites (tertiary alicyclic amines) is 1. The van der Waals surface area contributed by atoms with Crippen molar-refractivity contribution in [3.8, 4) is 5.75 Å². The van der Waals surface area contributed by atoms with Gasteiger partial charge < -0.3 is 20.1 Å². The number of nitrogens with one attached hydrogen (secondary N) is 1. The zero-order valence-electron chi connectivity index (χ0n) is 14.6. The molecular weight excluding hydrogens is 304 g/mol. The van der Waals surface area contributed by atoms with Gasteiger partial charge >= 0.3 is 6.03 Å². The summed E-state index contributed by atoms with van der Waals surface area (Å²) in [5.41, 5.74) is -0.154. The molecule has 1 saturated carbocycles. The largest absolute Gasteiger partial charge is 0.490 e. The van der Waals surface area contributed by atoms with Crippen LogP contribution in [0.5, 0.6) is 5.75 Å².